The molecule has 1 N–H and O–H groups in total. The van der Waals surface area contributed by atoms with E-state index in [-0.39, 0.29) is 6.03 Å². The Morgan fingerprint density at radius 3 is 2.05 bits per heavy atom. The molecule has 1 unspecified atom stereocenters. The molecule has 1 aliphatic rings. The number of hydrogen-bond acceptors (Lipinski definition) is 1. The molecule has 2 amide bonds. The highest BCUT2D eigenvalue weighted by Crippen LogP contribution is 2.10. The van der Waals surface area contributed by atoms with E-state index in [1.54, 1.807) is 0 Å². The lowest BCUT2D eigenvalue weighted by molar-refractivity contribution is 0.205. The molecule has 1 atom stereocenters. The summed E-state index contributed by atoms with van der Waals surface area (Å²) in [6.07, 6.45) is 7.72. The minimum absolute atomic E-state index is 0.121. The second kappa shape index (κ2) is 15.3. The van der Waals surface area contributed by atoms with Gasteiger partial charge in [0.25, 0.3) is 0 Å². The average molecular weight is 272 g/mol. The summed E-state index contributed by atoms with van der Waals surface area (Å²) in [7, 11) is 0. The zero-order chi connectivity index (χ0) is 15.1. The van der Waals surface area contributed by atoms with Crippen LogP contribution < -0.4 is 5.32 Å². The van der Waals surface area contributed by atoms with E-state index < -0.39 is 0 Å². The van der Waals surface area contributed by atoms with Gasteiger partial charge in [-0.25, -0.2) is 4.79 Å². The van der Waals surface area contributed by atoms with Crippen LogP contribution >= 0.6 is 0 Å². The molecule has 3 heteroatoms. The highest BCUT2D eigenvalue weighted by Gasteiger charge is 2.25. The van der Waals surface area contributed by atoms with Crippen LogP contribution in [0.5, 0.6) is 0 Å². The molecule has 0 spiro atoms. The molecule has 116 valence electrons. The van der Waals surface area contributed by atoms with Gasteiger partial charge < -0.3 is 10.2 Å². The van der Waals surface area contributed by atoms with Crippen LogP contribution in [0.3, 0.4) is 0 Å². The van der Waals surface area contributed by atoms with Crippen molar-refractivity contribution in [1.29, 1.82) is 0 Å². The number of amides is 2. The normalized spacial score (nSPS) is 17.1. The largest absolute Gasteiger partial charge is 0.336 e. The van der Waals surface area contributed by atoms with E-state index in [0.29, 0.717) is 6.04 Å². The maximum atomic E-state index is 11.4. The highest BCUT2D eigenvalue weighted by molar-refractivity contribution is 5.76. The van der Waals surface area contributed by atoms with Crippen molar-refractivity contribution in [1.82, 2.24) is 10.2 Å². The number of carbonyl (C=O) groups excluding carboxylic acids is 1. The summed E-state index contributed by atoms with van der Waals surface area (Å²) in [5, 5.41) is 2.87. The van der Waals surface area contributed by atoms with Crippen LogP contribution in [-0.4, -0.2) is 30.1 Å². The van der Waals surface area contributed by atoms with Crippen LogP contribution in [0.4, 0.5) is 4.79 Å². The topological polar surface area (TPSA) is 32.3 Å². The van der Waals surface area contributed by atoms with Gasteiger partial charge in [0.2, 0.25) is 0 Å². The second-order valence-corrected chi connectivity index (χ2v) is 4.50. The minimum atomic E-state index is 0.121. The first-order valence-corrected chi connectivity index (χ1v) is 8.30. The quantitative estimate of drug-likeness (QED) is 0.662. The summed E-state index contributed by atoms with van der Waals surface area (Å²) >= 11 is 0. The van der Waals surface area contributed by atoms with Crippen LogP contribution in [0.25, 0.3) is 0 Å². The number of nitrogens with zero attached hydrogens (tertiary/aromatic N) is 1. The van der Waals surface area contributed by atoms with Crippen LogP contribution in [0.1, 0.15) is 80.1 Å². The third-order valence-electron chi connectivity index (χ3n) is 3.09. The number of nitrogens with one attached hydrogen (secondary N) is 1. The van der Waals surface area contributed by atoms with Crippen molar-refractivity contribution in [3.05, 3.63) is 0 Å². The smallest absolute Gasteiger partial charge is 0.317 e. The standard InChI is InChI=1S/C12H24N2O.2C2H6/c1-3-4-5-6-7-8-9-14-11(2)10-13-12(14)15;2*1-2/h11H,3-10H2,1-2H3,(H,13,15);2*1-2H3. The molecule has 1 rings (SSSR count). The van der Waals surface area contributed by atoms with Crippen molar-refractivity contribution in [3.8, 4) is 0 Å². The lowest BCUT2D eigenvalue weighted by atomic mass is 10.1. The maximum absolute atomic E-state index is 11.4. The van der Waals surface area contributed by atoms with E-state index in [1.807, 2.05) is 32.6 Å². The van der Waals surface area contributed by atoms with E-state index in [0.717, 1.165) is 19.5 Å². The van der Waals surface area contributed by atoms with E-state index in [9.17, 15) is 4.79 Å². The fraction of sp³-hybridized carbons (Fsp3) is 0.938. The van der Waals surface area contributed by atoms with Gasteiger partial charge in [-0.1, -0.05) is 66.7 Å². The van der Waals surface area contributed by atoms with Crippen molar-refractivity contribution in [2.45, 2.75) is 86.1 Å². The van der Waals surface area contributed by atoms with E-state index in [1.165, 1.54) is 32.1 Å². The van der Waals surface area contributed by atoms with E-state index in [2.05, 4.69) is 19.2 Å². The molecular formula is C16H36N2O. The van der Waals surface area contributed by atoms with Gasteiger partial charge in [-0.3, -0.25) is 0 Å². The molecule has 19 heavy (non-hydrogen) atoms. The Kier molecular flexibility index (Phi) is 16.6. The van der Waals surface area contributed by atoms with E-state index >= 15 is 0 Å². The summed E-state index contributed by atoms with van der Waals surface area (Å²) < 4.78 is 0. The summed E-state index contributed by atoms with van der Waals surface area (Å²) in [5.41, 5.74) is 0. The first-order valence-electron chi connectivity index (χ1n) is 8.30. The molecule has 1 aliphatic heterocycles. The van der Waals surface area contributed by atoms with Crippen molar-refractivity contribution in [2.75, 3.05) is 13.1 Å². The molecule has 0 aromatic heterocycles. The summed E-state index contributed by atoms with van der Waals surface area (Å²) in [4.78, 5) is 13.3. The van der Waals surface area contributed by atoms with Crippen LogP contribution in [0.2, 0.25) is 0 Å². The number of carbonyl (C=O) groups is 1. The van der Waals surface area contributed by atoms with Gasteiger partial charge in [-0.05, 0) is 13.3 Å². The van der Waals surface area contributed by atoms with Crippen molar-refractivity contribution < 1.29 is 4.79 Å². The first-order chi connectivity index (χ1) is 9.25. The lowest BCUT2D eigenvalue weighted by Crippen LogP contribution is -2.33. The zero-order valence-electron chi connectivity index (χ0n) is 14.1. The molecule has 0 radical (unpaired) electrons. The third-order valence-corrected chi connectivity index (χ3v) is 3.09. The van der Waals surface area contributed by atoms with Crippen LogP contribution in [0.15, 0.2) is 0 Å². The Morgan fingerprint density at radius 1 is 1.05 bits per heavy atom. The van der Waals surface area contributed by atoms with Gasteiger partial charge in [-0.15, -0.1) is 0 Å². The lowest BCUT2D eigenvalue weighted by Gasteiger charge is -2.19. The Balaban J connectivity index is 0. The number of rotatable bonds is 7. The molecule has 0 aromatic rings. The summed E-state index contributed by atoms with van der Waals surface area (Å²) in [6, 6.07) is 0.504. The Labute approximate surface area is 121 Å². The summed E-state index contributed by atoms with van der Waals surface area (Å²) in [6.45, 7) is 14.1. The SMILES string of the molecule is CC.CC.CCCCCCCCN1C(=O)NCC1C. The Hall–Kier alpha value is -0.730. The molecule has 0 aromatic carbocycles. The van der Waals surface area contributed by atoms with Crippen molar-refractivity contribution >= 4 is 6.03 Å². The molecule has 0 bridgehead atoms. The fourth-order valence-corrected chi connectivity index (χ4v) is 2.03. The van der Waals surface area contributed by atoms with Crippen molar-refractivity contribution in [3.63, 3.8) is 0 Å². The Morgan fingerprint density at radius 2 is 1.58 bits per heavy atom. The second-order valence-electron chi connectivity index (χ2n) is 4.50. The number of hydrogen-bond donors (Lipinski definition) is 1. The van der Waals surface area contributed by atoms with Gasteiger partial charge in [0.05, 0.1) is 0 Å². The van der Waals surface area contributed by atoms with Crippen molar-refractivity contribution in [2.24, 2.45) is 0 Å². The monoisotopic (exact) mass is 272 g/mol. The predicted octanol–water partition coefficient (Wildman–Crippen LogP) is 4.81. The highest BCUT2D eigenvalue weighted by atomic mass is 16.2. The molecule has 0 aliphatic carbocycles. The summed E-state index contributed by atoms with van der Waals surface area (Å²) in [5.74, 6) is 0. The van der Waals surface area contributed by atoms with Gasteiger partial charge in [0.15, 0.2) is 0 Å². The number of urea groups is 1. The molecule has 1 saturated heterocycles. The fourth-order valence-electron chi connectivity index (χ4n) is 2.03. The molecule has 1 heterocycles. The Bertz CT molecular complexity index is 195. The minimum Gasteiger partial charge on any atom is -0.336 e. The van der Waals surface area contributed by atoms with Gasteiger partial charge in [0, 0.05) is 19.1 Å². The number of unbranched alkanes of at least 4 members (excludes halogenated alkanes) is 5. The van der Waals surface area contributed by atoms with E-state index in [4.69, 9.17) is 0 Å². The molecule has 0 saturated carbocycles. The van der Waals surface area contributed by atoms with Gasteiger partial charge >= 0.3 is 6.03 Å². The van der Waals surface area contributed by atoms with Crippen LogP contribution in [-0.2, 0) is 0 Å². The van der Waals surface area contributed by atoms with Crippen LogP contribution in [0, 0.1) is 0 Å². The van der Waals surface area contributed by atoms with Gasteiger partial charge in [-0.2, -0.15) is 0 Å². The first kappa shape index (κ1) is 20.6. The molecular weight excluding hydrogens is 236 g/mol. The molecule has 3 nitrogen and oxygen atoms in total. The predicted molar refractivity (Wildman–Crippen MR) is 85.6 cm³/mol. The zero-order valence-corrected chi connectivity index (χ0v) is 14.1. The third kappa shape index (κ3) is 9.80. The van der Waals surface area contributed by atoms with Gasteiger partial charge in [0.1, 0.15) is 0 Å². The average Bonchev–Trinajstić information content (AvgIpc) is 2.78. The molecule has 1 fully saturated rings. The maximum Gasteiger partial charge on any atom is 0.317 e.